The van der Waals surface area contributed by atoms with Crippen molar-refractivity contribution in [3.63, 3.8) is 0 Å². The summed E-state index contributed by atoms with van der Waals surface area (Å²) in [4.78, 5) is 9.22. The minimum atomic E-state index is 0.486. The third-order valence-electron chi connectivity index (χ3n) is 5.34. The number of nitrogens with one attached hydrogen (secondary N) is 2. The summed E-state index contributed by atoms with van der Waals surface area (Å²) in [6, 6.07) is 9.29. The van der Waals surface area contributed by atoms with Gasteiger partial charge in [0, 0.05) is 65.2 Å². The van der Waals surface area contributed by atoms with Gasteiger partial charge in [-0.2, -0.15) is 0 Å². The van der Waals surface area contributed by atoms with Gasteiger partial charge in [0.1, 0.15) is 0 Å². The molecule has 1 saturated heterocycles. The zero-order valence-corrected chi connectivity index (χ0v) is 16.7. The lowest BCUT2D eigenvalue weighted by Gasteiger charge is -2.32. The van der Waals surface area contributed by atoms with Crippen LogP contribution in [0.2, 0.25) is 0 Å². The van der Waals surface area contributed by atoms with Gasteiger partial charge in [0.25, 0.3) is 0 Å². The van der Waals surface area contributed by atoms with Crippen LogP contribution < -0.4 is 15.5 Å². The maximum Gasteiger partial charge on any atom is 0.191 e. The summed E-state index contributed by atoms with van der Waals surface area (Å²) in [6.45, 7) is 6.88. The molecule has 1 aromatic carbocycles. The largest absolute Gasteiger partial charge is 0.383 e. The van der Waals surface area contributed by atoms with Crippen molar-refractivity contribution in [1.82, 2.24) is 15.5 Å². The molecule has 0 saturated carbocycles. The van der Waals surface area contributed by atoms with E-state index in [2.05, 4.69) is 61.8 Å². The Balaban J connectivity index is 1.40. The van der Waals surface area contributed by atoms with E-state index in [-0.39, 0.29) is 0 Å². The number of guanidine groups is 1. The van der Waals surface area contributed by atoms with Gasteiger partial charge in [-0.25, -0.2) is 0 Å². The predicted octanol–water partition coefficient (Wildman–Crippen LogP) is 1.84. The molecule has 0 aliphatic carbocycles. The van der Waals surface area contributed by atoms with E-state index >= 15 is 0 Å². The first-order chi connectivity index (χ1) is 13.3. The molecule has 0 atom stereocenters. The third-order valence-corrected chi connectivity index (χ3v) is 5.34. The number of likely N-dealkylation sites (tertiary alicyclic amines) is 1. The van der Waals surface area contributed by atoms with Gasteiger partial charge in [0.2, 0.25) is 0 Å². The fourth-order valence-electron chi connectivity index (χ4n) is 3.61. The highest BCUT2D eigenvalue weighted by Crippen LogP contribution is 2.17. The number of ether oxygens (including phenoxy) is 1. The molecule has 3 rings (SSSR count). The number of benzene rings is 1. The Morgan fingerprint density at radius 1 is 1.15 bits per heavy atom. The molecule has 0 aromatic heterocycles. The molecule has 0 amide bonds. The van der Waals surface area contributed by atoms with Gasteiger partial charge in [-0.15, -0.1) is 0 Å². The third kappa shape index (κ3) is 5.97. The second-order valence-corrected chi connectivity index (χ2v) is 7.22. The lowest BCUT2D eigenvalue weighted by Crippen LogP contribution is -2.48. The fraction of sp³-hybridized carbons (Fsp3) is 0.571. The lowest BCUT2D eigenvalue weighted by atomic mass is 10.1. The molecule has 2 aliphatic rings. The van der Waals surface area contributed by atoms with Crippen LogP contribution in [0.4, 0.5) is 5.69 Å². The van der Waals surface area contributed by atoms with Gasteiger partial charge in [0.05, 0.1) is 6.61 Å². The Bertz CT molecular complexity index is 612. The maximum atomic E-state index is 5.17. The molecular weight excluding hydrogens is 338 g/mol. The molecule has 0 unspecified atom stereocenters. The average Bonchev–Trinajstić information content (AvgIpc) is 3.26. The Morgan fingerprint density at radius 2 is 1.85 bits per heavy atom. The Morgan fingerprint density at radius 3 is 2.48 bits per heavy atom. The fourth-order valence-corrected chi connectivity index (χ4v) is 3.61. The van der Waals surface area contributed by atoms with E-state index in [1.165, 1.54) is 11.3 Å². The molecule has 6 nitrogen and oxygen atoms in total. The molecule has 1 aromatic rings. The van der Waals surface area contributed by atoms with Gasteiger partial charge >= 0.3 is 0 Å². The van der Waals surface area contributed by atoms with Crippen LogP contribution in [0, 0.1) is 0 Å². The van der Waals surface area contributed by atoms with Crippen molar-refractivity contribution in [2.75, 3.05) is 58.4 Å². The number of hydrogen-bond donors (Lipinski definition) is 2. The molecule has 0 radical (unpaired) electrons. The lowest BCUT2D eigenvalue weighted by molar-refractivity contribution is 0.128. The normalized spacial score (nSPS) is 18.9. The zero-order valence-electron chi connectivity index (χ0n) is 16.7. The van der Waals surface area contributed by atoms with Gasteiger partial charge in [0.15, 0.2) is 5.96 Å². The van der Waals surface area contributed by atoms with Crippen LogP contribution in [-0.4, -0.2) is 70.4 Å². The van der Waals surface area contributed by atoms with Crippen LogP contribution in [0.5, 0.6) is 0 Å². The highest BCUT2D eigenvalue weighted by atomic mass is 16.5. The Kier molecular flexibility index (Phi) is 7.54. The van der Waals surface area contributed by atoms with E-state index in [1.54, 1.807) is 7.11 Å². The van der Waals surface area contributed by atoms with Gasteiger partial charge in [-0.1, -0.05) is 24.3 Å². The van der Waals surface area contributed by atoms with E-state index in [0.717, 1.165) is 64.7 Å². The van der Waals surface area contributed by atoms with Crippen molar-refractivity contribution in [3.05, 3.63) is 42.0 Å². The summed E-state index contributed by atoms with van der Waals surface area (Å²) in [7, 11) is 3.60. The second-order valence-electron chi connectivity index (χ2n) is 7.22. The van der Waals surface area contributed by atoms with E-state index in [9.17, 15) is 0 Å². The standard InChI is InChI=1S/C21H33N5O/c1-22-21(24-19-9-13-25(14-10-19)15-16-27-2)23-17-18-5-7-20(8-6-18)26-11-3-4-12-26/h3-8,19H,9-17H2,1-2H3,(H2,22,23,24). The van der Waals surface area contributed by atoms with Crippen LogP contribution in [0.3, 0.4) is 0 Å². The van der Waals surface area contributed by atoms with Crippen molar-refractivity contribution in [1.29, 1.82) is 0 Å². The Hall–Kier alpha value is -2.05. The molecular formula is C21H33N5O. The quantitative estimate of drug-likeness (QED) is 0.435. The molecule has 2 N–H and O–H groups in total. The summed E-state index contributed by atoms with van der Waals surface area (Å²) in [5.74, 6) is 0.887. The van der Waals surface area contributed by atoms with Crippen molar-refractivity contribution >= 4 is 11.6 Å². The van der Waals surface area contributed by atoms with Crippen LogP contribution in [0.25, 0.3) is 0 Å². The molecule has 0 spiro atoms. The maximum absolute atomic E-state index is 5.17. The van der Waals surface area contributed by atoms with E-state index in [4.69, 9.17) is 4.74 Å². The molecule has 148 valence electrons. The summed E-state index contributed by atoms with van der Waals surface area (Å²) in [5.41, 5.74) is 2.55. The number of hydrogen-bond acceptors (Lipinski definition) is 4. The van der Waals surface area contributed by atoms with Crippen LogP contribution in [0.15, 0.2) is 41.4 Å². The molecule has 0 bridgehead atoms. The molecule has 2 heterocycles. The van der Waals surface area contributed by atoms with Crippen LogP contribution in [-0.2, 0) is 11.3 Å². The summed E-state index contributed by atoms with van der Waals surface area (Å²) in [6.07, 6.45) is 6.71. The van der Waals surface area contributed by atoms with Gasteiger partial charge in [-0.05, 0) is 30.5 Å². The van der Waals surface area contributed by atoms with E-state index in [1.807, 2.05) is 7.05 Å². The van der Waals surface area contributed by atoms with E-state index in [0.29, 0.717) is 6.04 Å². The van der Waals surface area contributed by atoms with Crippen LogP contribution in [0.1, 0.15) is 18.4 Å². The summed E-state index contributed by atoms with van der Waals surface area (Å²) < 4.78 is 5.17. The van der Waals surface area contributed by atoms with Gasteiger partial charge in [-0.3, -0.25) is 4.99 Å². The molecule has 2 aliphatic heterocycles. The number of aliphatic imine (C=N–C) groups is 1. The monoisotopic (exact) mass is 371 g/mol. The SMILES string of the molecule is CN=C(NCc1ccc(N2CC=CC2)cc1)NC1CCN(CCOC)CC1. The topological polar surface area (TPSA) is 52.1 Å². The Labute approximate surface area is 163 Å². The molecule has 27 heavy (non-hydrogen) atoms. The second kappa shape index (κ2) is 10.3. The highest BCUT2D eigenvalue weighted by molar-refractivity contribution is 5.80. The van der Waals surface area contributed by atoms with E-state index < -0.39 is 0 Å². The van der Waals surface area contributed by atoms with Crippen LogP contribution >= 0.6 is 0 Å². The minimum Gasteiger partial charge on any atom is -0.383 e. The number of anilines is 1. The highest BCUT2D eigenvalue weighted by Gasteiger charge is 2.19. The van der Waals surface area contributed by atoms with Crippen molar-refractivity contribution in [2.24, 2.45) is 4.99 Å². The summed E-state index contributed by atoms with van der Waals surface area (Å²) in [5, 5.41) is 7.02. The first-order valence-electron chi connectivity index (χ1n) is 9.96. The first kappa shape index (κ1) is 19.7. The van der Waals surface area contributed by atoms with Crippen molar-refractivity contribution in [2.45, 2.75) is 25.4 Å². The number of piperidine rings is 1. The summed E-state index contributed by atoms with van der Waals surface area (Å²) >= 11 is 0. The number of methoxy groups -OCH3 is 1. The van der Waals surface area contributed by atoms with Crippen molar-refractivity contribution in [3.8, 4) is 0 Å². The average molecular weight is 372 g/mol. The molecule has 1 fully saturated rings. The van der Waals surface area contributed by atoms with Crippen molar-refractivity contribution < 1.29 is 4.74 Å². The number of rotatable bonds is 7. The smallest absolute Gasteiger partial charge is 0.191 e. The number of nitrogens with zero attached hydrogens (tertiary/aromatic N) is 3. The zero-order chi connectivity index (χ0) is 18.9. The first-order valence-corrected chi connectivity index (χ1v) is 9.96. The van der Waals surface area contributed by atoms with Gasteiger partial charge < -0.3 is 25.2 Å². The predicted molar refractivity (Wildman–Crippen MR) is 112 cm³/mol. The minimum absolute atomic E-state index is 0.486. The molecule has 6 heteroatoms.